The summed E-state index contributed by atoms with van der Waals surface area (Å²) < 4.78 is 14.3. The van der Waals surface area contributed by atoms with Crippen LogP contribution in [0.2, 0.25) is 0 Å². The minimum absolute atomic E-state index is 0.0104. The Hall–Kier alpha value is -1.10. The first-order chi connectivity index (χ1) is 7.63. The zero-order valence-electron chi connectivity index (χ0n) is 10.2. The third kappa shape index (κ3) is 7.23. The molecule has 0 spiro atoms. The van der Waals surface area contributed by atoms with E-state index in [0.29, 0.717) is 25.7 Å². The van der Waals surface area contributed by atoms with Gasteiger partial charge in [0.2, 0.25) is 0 Å². The second kappa shape index (κ2) is 9.15. The van der Waals surface area contributed by atoms with Crippen molar-refractivity contribution in [2.24, 2.45) is 0 Å². The Morgan fingerprint density at radius 2 is 1.50 bits per heavy atom. The van der Waals surface area contributed by atoms with Crippen LogP contribution in [-0.2, 0) is 23.8 Å². The summed E-state index contributed by atoms with van der Waals surface area (Å²) in [6.07, 6.45) is 2.77. The van der Waals surface area contributed by atoms with Gasteiger partial charge in [-0.3, -0.25) is 9.59 Å². The maximum Gasteiger partial charge on any atom is 0.305 e. The molecule has 0 aliphatic carbocycles. The molecule has 0 fully saturated rings. The second-order valence-electron chi connectivity index (χ2n) is 3.44. The Morgan fingerprint density at radius 1 is 0.938 bits per heavy atom. The fourth-order valence-corrected chi connectivity index (χ4v) is 1.34. The van der Waals surface area contributed by atoms with Crippen molar-refractivity contribution in [2.45, 2.75) is 38.2 Å². The van der Waals surface area contributed by atoms with Gasteiger partial charge in [0.15, 0.2) is 0 Å². The highest BCUT2D eigenvalue weighted by atomic mass is 16.5. The fraction of sp³-hybridized carbons (Fsp3) is 0.818. The fourth-order valence-electron chi connectivity index (χ4n) is 1.34. The normalized spacial score (nSPS) is 11.9. The summed E-state index contributed by atoms with van der Waals surface area (Å²) in [5, 5.41) is 0. The third-order valence-corrected chi connectivity index (χ3v) is 2.37. The van der Waals surface area contributed by atoms with Gasteiger partial charge < -0.3 is 14.2 Å². The number of methoxy groups -OCH3 is 3. The van der Waals surface area contributed by atoms with E-state index in [9.17, 15) is 9.59 Å². The summed E-state index contributed by atoms with van der Waals surface area (Å²) in [6, 6.07) is 0. The zero-order valence-corrected chi connectivity index (χ0v) is 10.2. The summed E-state index contributed by atoms with van der Waals surface area (Å²) in [6.45, 7) is 0. The Bertz CT molecular complexity index is 214. The molecular weight excluding hydrogens is 212 g/mol. The Balaban J connectivity index is 3.66. The lowest BCUT2D eigenvalue weighted by Crippen LogP contribution is -2.14. The first kappa shape index (κ1) is 14.9. The van der Waals surface area contributed by atoms with Crippen LogP contribution < -0.4 is 0 Å². The van der Waals surface area contributed by atoms with Gasteiger partial charge in [0.1, 0.15) is 0 Å². The number of carbonyl (C=O) groups excluding carboxylic acids is 2. The van der Waals surface area contributed by atoms with Crippen LogP contribution in [0.1, 0.15) is 32.1 Å². The molecule has 94 valence electrons. The van der Waals surface area contributed by atoms with Crippen molar-refractivity contribution in [1.82, 2.24) is 0 Å². The van der Waals surface area contributed by atoms with Crippen LogP contribution >= 0.6 is 0 Å². The van der Waals surface area contributed by atoms with E-state index in [1.165, 1.54) is 14.2 Å². The molecule has 0 aromatic heterocycles. The molecule has 0 bridgehead atoms. The summed E-state index contributed by atoms with van der Waals surface area (Å²) in [7, 11) is 4.33. The van der Waals surface area contributed by atoms with Gasteiger partial charge in [-0.1, -0.05) is 0 Å². The molecule has 0 saturated carbocycles. The van der Waals surface area contributed by atoms with Gasteiger partial charge in [-0.15, -0.1) is 0 Å². The predicted octanol–water partition coefficient (Wildman–Crippen LogP) is 1.30. The molecule has 0 N–H and O–H groups in total. The van der Waals surface area contributed by atoms with Crippen molar-refractivity contribution in [3.63, 3.8) is 0 Å². The van der Waals surface area contributed by atoms with Crippen LogP contribution in [-0.4, -0.2) is 39.4 Å². The molecule has 0 rings (SSSR count). The van der Waals surface area contributed by atoms with Crippen molar-refractivity contribution in [3.8, 4) is 0 Å². The van der Waals surface area contributed by atoms with E-state index in [1.54, 1.807) is 7.11 Å². The molecule has 1 atom stereocenters. The van der Waals surface area contributed by atoms with E-state index in [-0.39, 0.29) is 18.0 Å². The maximum absolute atomic E-state index is 10.9. The molecule has 0 aliphatic rings. The SMILES string of the molecule is COC(=O)CCCC(CCC(=O)OC)OC. The molecule has 0 aromatic rings. The number of carbonyl (C=O) groups is 2. The maximum atomic E-state index is 10.9. The number of esters is 2. The third-order valence-electron chi connectivity index (χ3n) is 2.37. The van der Waals surface area contributed by atoms with Gasteiger partial charge in [0.25, 0.3) is 0 Å². The second-order valence-corrected chi connectivity index (χ2v) is 3.44. The molecule has 1 unspecified atom stereocenters. The summed E-state index contributed by atoms with van der Waals surface area (Å²) in [5.41, 5.74) is 0. The highest BCUT2D eigenvalue weighted by Gasteiger charge is 2.11. The summed E-state index contributed by atoms with van der Waals surface area (Å²) in [4.78, 5) is 21.8. The lowest BCUT2D eigenvalue weighted by atomic mass is 10.1. The van der Waals surface area contributed by atoms with Crippen LogP contribution in [0.25, 0.3) is 0 Å². The average molecular weight is 232 g/mol. The first-order valence-corrected chi connectivity index (χ1v) is 5.30. The van der Waals surface area contributed by atoms with Gasteiger partial charge in [0, 0.05) is 20.0 Å². The lowest BCUT2D eigenvalue weighted by Gasteiger charge is -2.13. The van der Waals surface area contributed by atoms with E-state index < -0.39 is 0 Å². The minimum Gasteiger partial charge on any atom is -0.469 e. The van der Waals surface area contributed by atoms with Crippen molar-refractivity contribution < 1.29 is 23.8 Å². The molecule has 5 nitrogen and oxygen atoms in total. The monoisotopic (exact) mass is 232 g/mol. The lowest BCUT2D eigenvalue weighted by molar-refractivity contribution is -0.142. The van der Waals surface area contributed by atoms with E-state index in [4.69, 9.17) is 4.74 Å². The molecule has 0 heterocycles. The molecule has 0 aromatic carbocycles. The summed E-state index contributed by atoms with van der Waals surface area (Å²) in [5.74, 6) is -0.460. The topological polar surface area (TPSA) is 61.8 Å². The van der Waals surface area contributed by atoms with Gasteiger partial charge in [0.05, 0.1) is 20.3 Å². The first-order valence-electron chi connectivity index (χ1n) is 5.30. The Labute approximate surface area is 96.1 Å². The largest absolute Gasteiger partial charge is 0.469 e. The number of hydrogen-bond acceptors (Lipinski definition) is 5. The van der Waals surface area contributed by atoms with E-state index in [1.807, 2.05) is 0 Å². The number of rotatable bonds is 8. The Morgan fingerprint density at radius 3 is 2.00 bits per heavy atom. The standard InChI is InChI=1S/C11H20O5/c1-14-9(7-8-11(13)16-3)5-4-6-10(12)15-2/h9H,4-8H2,1-3H3. The van der Waals surface area contributed by atoms with Crippen LogP contribution in [0.5, 0.6) is 0 Å². The molecule has 16 heavy (non-hydrogen) atoms. The molecule has 0 amide bonds. The van der Waals surface area contributed by atoms with Gasteiger partial charge in [-0.2, -0.15) is 0 Å². The van der Waals surface area contributed by atoms with Gasteiger partial charge in [-0.05, 0) is 19.3 Å². The molecular formula is C11H20O5. The summed E-state index contributed by atoms with van der Waals surface area (Å²) >= 11 is 0. The average Bonchev–Trinajstić information content (AvgIpc) is 2.32. The molecule has 0 saturated heterocycles. The predicted molar refractivity (Wildman–Crippen MR) is 57.9 cm³/mol. The van der Waals surface area contributed by atoms with Crippen LogP contribution in [0.4, 0.5) is 0 Å². The molecule has 0 radical (unpaired) electrons. The number of ether oxygens (including phenoxy) is 3. The number of hydrogen-bond donors (Lipinski definition) is 0. The van der Waals surface area contributed by atoms with Crippen molar-refractivity contribution in [3.05, 3.63) is 0 Å². The van der Waals surface area contributed by atoms with Crippen LogP contribution in [0.3, 0.4) is 0 Å². The van der Waals surface area contributed by atoms with E-state index in [0.717, 1.165) is 6.42 Å². The zero-order chi connectivity index (χ0) is 12.4. The minimum atomic E-state index is -0.241. The molecule has 5 heteroatoms. The Kier molecular flexibility index (Phi) is 8.52. The van der Waals surface area contributed by atoms with Gasteiger partial charge >= 0.3 is 11.9 Å². The van der Waals surface area contributed by atoms with Crippen molar-refractivity contribution in [1.29, 1.82) is 0 Å². The van der Waals surface area contributed by atoms with E-state index in [2.05, 4.69) is 9.47 Å². The van der Waals surface area contributed by atoms with Crippen molar-refractivity contribution in [2.75, 3.05) is 21.3 Å². The van der Waals surface area contributed by atoms with E-state index >= 15 is 0 Å². The van der Waals surface area contributed by atoms with Crippen molar-refractivity contribution >= 4 is 11.9 Å². The van der Waals surface area contributed by atoms with Crippen LogP contribution in [0.15, 0.2) is 0 Å². The van der Waals surface area contributed by atoms with Crippen LogP contribution in [0, 0.1) is 0 Å². The quantitative estimate of drug-likeness (QED) is 0.590. The molecule has 0 aliphatic heterocycles. The highest BCUT2D eigenvalue weighted by molar-refractivity contribution is 5.69. The van der Waals surface area contributed by atoms with Gasteiger partial charge in [-0.25, -0.2) is 0 Å². The highest BCUT2D eigenvalue weighted by Crippen LogP contribution is 2.11. The smallest absolute Gasteiger partial charge is 0.305 e.